The number of ether oxygens (including phenoxy) is 5. The second kappa shape index (κ2) is 15.9. The van der Waals surface area contributed by atoms with Crippen molar-refractivity contribution in [3.63, 3.8) is 0 Å². The van der Waals surface area contributed by atoms with E-state index in [2.05, 4.69) is 19.2 Å². The van der Waals surface area contributed by atoms with Gasteiger partial charge in [0, 0.05) is 19.4 Å². The number of ketones is 1. The van der Waals surface area contributed by atoms with Crippen molar-refractivity contribution in [1.29, 1.82) is 0 Å². The number of Topliss-reactive ketones (excluding diaryl/α,β-unsaturated/α-hetero) is 1. The molecule has 4 fully saturated rings. The van der Waals surface area contributed by atoms with Crippen LogP contribution < -0.4 is 5.32 Å². The van der Waals surface area contributed by atoms with E-state index in [1.807, 2.05) is 0 Å². The fraction of sp³-hybridized carbons (Fsp3) is 0.906. The van der Waals surface area contributed by atoms with Crippen LogP contribution in [-0.2, 0) is 38.1 Å². The van der Waals surface area contributed by atoms with E-state index in [4.69, 9.17) is 28.8 Å². The van der Waals surface area contributed by atoms with Crippen molar-refractivity contribution >= 4 is 17.7 Å². The second-order valence-electron chi connectivity index (χ2n) is 13.3. The minimum Gasteiger partial charge on any atom is -0.481 e. The number of nitrogens with one attached hydrogen (secondary N) is 1. The van der Waals surface area contributed by atoms with E-state index in [0.29, 0.717) is 75.8 Å². The zero-order chi connectivity index (χ0) is 30.0. The number of carbonyl (C=O) groups is 3. The van der Waals surface area contributed by atoms with Gasteiger partial charge in [0.1, 0.15) is 12.4 Å². The highest BCUT2D eigenvalue weighted by atomic mass is 16.6. The van der Waals surface area contributed by atoms with Crippen LogP contribution >= 0.6 is 0 Å². The molecule has 0 heterocycles. The lowest BCUT2D eigenvalue weighted by atomic mass is 9.45. The summed E-state index contributed by atoms with van der Waals surface area (Å²) < 4.78 is 27.7. The Morgan fingerprint density at radius 1 is 0.810 bits per heavy atom. The lowest BCUT2D eigenvalue weighted by Crippen LogP contribution is -2.54. The number of fused-ring (bicyclic) bond motifs is 5. The normalized spacial score (nSPS) is 34.0. The molecule has 4 saturated carbocycles. The first-order valence-corrected chi connectivity index (χ1v) is 16.2. The Hall–Kier alpha value is -1.59. The summed E-state index contributed by atoms with van der Waals surface area (Å²) in [6, 6.07) is 0. The van der Waals surface area contributed by atoms with Crippen LogP contribution in [0.5, 0.6) is 0 Å². The quantitative estimate of drug-likeness (QED) is 0.228. The number of hydrogen-bond acceptors (Lipinski definition) is 8. The van der Waals surface area contributed by atoms with E-state index >= 15 is 0 Å². The molecule has 0 aromatic heterocycles. The summed E-state index contributed by atoms with van der Waals surface area (Å²) in [5.74, 6) is 2.19. The molecule has 10 heteroatoms. The Bertz CT molecular complexity index is 899. The van der Waals surface area contributed by atoms with Crippen molar-refractivity contribution in [3.05, 3.63) is 0 Å². The van der Waals surface area contributed by atoms with Crippen LogP contribution in [0.4, 0.5) is 0 Å². The van der Waals surface area contributed by atoms with Crippen LogP contribution in [0.25, 0.3) is 0 Å². The minimum absolute atomic E-state index is 0.00579. The first-order chi connectivity index (χ1) is 20.2. The molecule has 4 aliphatic carbocycles. The smallest absolute Gasteiger partial charge is 0.305 e. The predicted molar refractivity (Wildman–Crippen MR) is 155 cm³/mol. The molecule has 0 aliphatic heterocycles. The monoisotopic (exact) mass is 595 g/mol. The van der Waals surface area contributed by atoms with Gasteiger partial charge in [-0.1, -0.05) is 13.8 Å². The fourth-order valence-electron chi connectivity index (χ4n) is 8.68. The van der Waals surface area contributed by atoms with Crippen molar-refractivity contribution in [1.82, 2.24) is 5.32 Å². The maximum atomic E-state index is 12.5. The first kappa shape index (κ1) is 33.3. The van der Waals surface area contributed by atoms with Crippen LogP contribution in [0.2, 0.25) is 0 Å². The number of carbonyl (C=O) groups excluding carboxylic acids is 2. The van der Waals surface area contributed by atoms with E-state index in [0.717, 1.165) is 43.9 Å². The van der Waals surface area contributed by atoms with Crippen molar-refractivity contribution < 1.29 is 43.2 Å². The van der Waals surface area contributed by atoms with E-state index < -0.39 is 5.97 Å². The fourth-order valence-corrected chi connectivity index (χ4v) is 8.68. The summed E-state index contributed by atoms with van der Waals surface area (Å²) in [5.41, 5.74) is 0.459. The lowest BCUT2D eigenvalue weighted by Gasteiger charge is -2.60. The molecule has 0 spiro atoms. The summed E-state index contributed by atoms with van der Waals surface area (Å²) in [6.07, 6.45) is 9.82. The van der Waals surface area contributed by atoms with Gasteiger partial charge in [0.15, 0.2) is 0 Å². The lowest BCUT2D eigenvalue weighted by molar-refractivity contribution is -0.149. The Morgan fingerprint density at radius 3 is 2.14 bits per heavy atom. The molecule has 0 saturated heterocycles. The third-order valence-corrected chi connectivity index (χ3v) is 11.0. The molecule has 10 nitrogen and oxygen atoms in total. The summed E-state index contributed by atoms with van der Waals surface area (Å²) >= 11 is 0. The number of carboxylic acid groups (broad SMARTS) is 1. The van der Waals surface area contributed by atoms with Gasteiger partial charge in [0.2, 0.25) is 5.91 Å². The predicted octanol–water partition coefficient (Wildman–Crippen LogP) is 3.64. The van der Waals surface area contributed by atoms with Crippen molar-refractivity contribution in [2.75, 3.05) is 66.0 Å². The van der Waals surface area contributed by atoms with Gasteiger partial charge in [-0.3, -0.25) is 14.4 Å². The molecule has 240 valence electrons. The molecule has 4 aliphatic rings. The standard InChI is InChI=1S/C32H53NO9/c1-31-10-7-24(34)21-23(31)3-4-25-26-5-6-28(32(26,2)11-8-27(25)31)42-22-29(35)33-12-14-39-16-18-41-20-19-40-17-15-38-13-9-30(36)37/h23,25-28H,3-22H2,1-2H3,(H,33,35)(H,36,37)/t23-,25-,26-,27-,28-,31-,32-/m0/s1. The van der Waals surface area contributed by atoms with Gasteiger partial charge in [-0.2, -0.15) is 0 Å². The highest BCUT2D eigenvalue weighted by Gasteiger charge is 2.60. The first-order valence-electron chi connectivity index (χ1n) is 16.2. The molecule has 4 rings (SSSR count). The zero-order valence-corrected chi connectivity index (χ0v) is 25.7. The number of amides is 1. The van der Waals surface area contributed by atoms with Crippen LogP contribution in [-0.4, -0.2) is 94.9 Å². The Labute approximate surface area is 250 Å². The molecule has 2 N–H and O–H groups in total. The Kier molecular flexibility index (Phi) is 12.6. The van der Waals surface area contributed by atoms with Gasteiger partial charge in [-0.15, -0.1) is 0 Å². The van der Waals surface area contributed by atoms with Crippen molar-refractivity contribution in [3.8, 4) is 0 Å². The summed E-state index contributed by atoms with van der Waals surface area (Å²) in [4.78, 5) is 35.0. The van der Waals surface area contributed by atoms with Gasteiger partial charge in [-0.25, -0.2) is 0 Å². The minimum atomic E-state index is -0.875. The van der Waals surface area contributed by atoms with Gasteiger partial charge >= 0.3 is 5.97 Å². The van der Waals surface area contributed by atoms with Gasteiger partial charge < -0.3 is 34.1 Å². The van der Waals surface area contributed by atoms with Crippen LogP contribution in [0.15, 0.2) is 0 Å². The average molecular weight is 596 g/mol. The SMILES string of the molecule is C[C@]12CCC(=O)C[C@@H]1CC[C@@H]1[C@@H]2CC[C@]2(C)[C@@H](OCC(=O)NCCOCCOCCOCCOCCC(=O)O)CC[C@@H]12. The van der Waals surface area contributed by atoms with E-state index in [9.17, 15) is 14.4 Å². The molecule has 42 heavy (non-hydrogen) atoms. The maximum Gasteiger partial charge on any atom is 0.305 e. The van der Waals surface area contributed by atoms with Crippen LogP contribution in [0, 0.1) is 34.5 Å². The summed E-state index contributed by atoms with van der Waals surface area (Å²) in [7, 11) is 0. The highest BCUT2D eigenvalue weighted by molar-refractivity contribution is 5.79. The zero-order valence-electron chi connectivity index (χ0n) is 25.7. The molecule has 0 aromatic rings. The molecule has 0 bridgehead atoms. The van der Waals surface area contributed by atoms with Gasteiger partial charge in [-0.05, 0) is 79.4 Å². The Balaban J connectivity index is 1.03. The molecule has 0 aromatic carbocycles. The topological polar surface area (TPSA) is 130 Å². The van der Waals surface area contributed by atoms with Crippen molar-refractivity contribution in [2.24, 2.45) is 34.5 Å². The van der Waals surface area contributed by atoms with Crippen LogP contribution in [0.3, 0.4) is 0 Å². The summed E-state index contributed by atoms with van der Waals surface area (Å²) in [6.45, 7) is 8.53. The molecule has 0 radical (unpaired) electrons. The largest absolute Gasteiger partial charge is 0.481 e. The molecule has 7 atom stereocenters. The average Bonchev–Trinajstić information content (AvgIpc) is 3.30. The molecule has 0 unspecified atom stereocenters. The molecule has 1 amide bonds. The third-order valence-electron chi connectivity index (χ3n) is 11.0. The number of hydrogen-bond donors (Lipinski definition) is 2. The van der Waals surface area contributed by atoms with Crippen LogP contribution in [0.1, 0.15) is 78.1 Å². The number of rotatable bonds is 18. The maximum absolute atomic E-state index is 12.5. The molecular weight excluding hydrogens is 542 g/mol. The van der Waals surface area contributed by atoms with E-state index in [1.54, 1.807) is 0 Å². The number of carboxylic acids is 1. The summed E-state index contributed by atoms with van der Waals surface area (Å²) in [5, 5.41) is 11.4. The Morgan fingerprint density at radius 2 is 1.45 bits per heavy atom. The van der Waals surface area contributed by atoms with E-state index in [1.165, 1.54) is 25.7 Å². The number of aliphatic carboxylic acids is 1. The third kappa shape index (κ3) is 8.52. The highest BCUT2D eigenvalue weighted by Crippen LogP contribution is 2.66. The van der Waals surface area contributed by atoms with Gasteiger partial charge in [0.25, 0.3) is 0 Å². The van der Waals surface area contributed by atoms with Gasteiger partial charge in [0.05, 0.1) is 65.4 Å². The second-order valence-corrected chi connectivity index (χ2v) is 13.3. The van der Waals surface area contributed by atoms with E-state index in [-0.39, 0.29) is 37.1 Å². The van der Waals surface area contributed by atoms with Crippen molar-refractivity contribution in [2.45, 2.75) is 84.2 Å². The molecular formula is C32H53NO9.